The Morgan fingerprint density at radius 1 is 1.35 bits per heavy atom. The van der Waals surface area contributed by atoms with E-state index in [1.54, 1.807) is 14.2 Å². The van der Waals surface area contributed by atoms with E-state index >= 15 is 0 Å². The first-order chi connectivity index (χ1) is 8.08. The molecule has 2 atom stereocenters. The Morgan fingerprint density at radius 3 is 2.65 bits per heavy atom. The van der Waals surface area contributed by atoms with Crippen LogP contribution < -0.4 is 15.4 Å². The van der Waals surface area contributed by atoms with Crippen molar-refractivity contribution < 1.29 is 9.53 Å². The van der Waals surface area contributed by atoms with Gasteiger partial charge in [0.15, 0.2) is 0 Å². The molecule has 1 aromatic carbocycles. The van der Waals surface area contributed by atoms with Crippen molar-refractivity contribution >= 4 is 5.91 Å². The molecule has 0 bridgehead atoms. The van der Waals surface area contributed by atoms with Gasteiger partial charge in [0.05, 0.1) is 13.2 Å². The van der Waals surface area contributed by atoms with Gasteiger partial charge in [0.1, 0.15) is 5.75 Å². The molecule has 4 nitrogen and oxygen atoms in total. The van der Waals surface area contributed by atoms with E-state index in [0.717, 1.165) is 11.3 Å². The van der Waals surface area contributed by atoms with E-state index in [-0.39, 0.29) is 18.0 Å². The Labute approximate surface area is 102 Å². The summed E-state index contributed by atoms with van der Waals surface area (Å²) in [5.74, 6) is 0.809. The van der Waals surface area contributed by atoms with Crippen molar-refractivity contribution in [2.75, 3.05) is 14.2 Å². The van der Waals surface area contributed by atoms with E-state index in [4.69, 9.17) is 4.74 Å². The maximum absolute atomic E-state index is 11.4. The van der Waals surface area contributed by atoms with Crippen LogP contribution >= 0.6 is 0 Å². The zero-order chi connectivity index (χ0) is 12.8. The summed E-state index contributed by atoms with van der Waals surface area (Å²) in [6.07, 6.45) is 0. The van der Waals surface area contributed by atoms with Crippen molar-refractivity contribution in [3.8, 4) is 5.75 Å². The summed E-state index contributed by atoms with van der Waals surface area (Å²) in [6, 6.07) is 7.69. The van der Waals surface area contributed by atoms with Gasteiger partial charge in [-0.2, -0.15) is 0 Å². The number of amides is 1. The van der Waals surface area contributed by atoms with Crippen LogP contribution in [0.25, 0.3) is 0 Å². The number of hydrogen-bond donors (Lipinski definition) is 2. The average Bonchev–Trinajstić information content (AvgIpc) is 2.37. The molecule has 2 N–H and O–H groups in total. The number of hydrogen-bond acceptors (Lipinski definition) is 3. The van der Waals surface area contributed by atoms with Crippen molar-refractivity contribution in [2.45, 2.75) is 25.9 Å². The molecule has 0 aliphatic carbocycles. The summed E-state index contributed by atoms with van der Waals surface area (Å²) in [6.45, 7) is 3.86. The number of methoxy groups -OCH3 is 1. The molecule has 4 heteroatoms. The zero-order valence-corrected chi connectivity index (χ0v) is 10.8. The molecule has 0 saturated carbocycles. The van der Waals surface area contributed by atoms with Crippen LogP contribution in [-0.2, 0) is 4.79 Å². The van der Waals surface area contributed by atoms with E-state index < -0.39 is 0 Å². The summed E-state index contributed by atoms with van der Waals surface area (Å²) >= 11 is 0. The molecular weight excluding hydrogens is 216 g/mol. The third-order valence-electron chi connectivity index (χ3n) is 2.73. The quantitative estimate of drug-likeness (QED) is 0.814. The lowest BCUT2D eigenvalue weighted by atomic mass is 10.1. The van der Waals surface area contributed by atoms with Crippen LogP contribution in [0.1, 0.15) is 25.5 Å². The molecule has 17 heavy (non-hydrogen) atoms. The van der Waals surface area contributed by atoms with Crippen LogP contribution in [0.5, 0.6) is 5.75 Å². The fraction of sp³-hybridized carbons (Fsp3) is 0.462. The van der Waals surface area contributed by atoms with Gasteiger partial charge in [-0.05, 0) is 31.5 Å². The third kappa shape index (κ3) is 3.75. The number of carbonyl (C=O) groups excluding carboxylic acids is 1. The molecule has 1 unspecified atom stereocenters. The van der Waals surface area contributed by atoms with Gasteiger partial charge < -0.3 is 10.1 Å². The molecule has 0 aliphatic rings. The fourth-order valence-corrected chi connectivity index (χ4v) is 1.67. The molecule has 1 rings (SSSR count). The minimum atomic E-state index is -0.221. The molecule has 0 saturated heterocycles. The minimum Gasteiger partial charge on any atom is -0.497 e. The maximum atomic E-state index is 11.4. The second-order valence-electron chi connectivity index (χ2n) is 4.00. The Bertz CT molecular complexity index is 379. The lowest BCUT2D eigenvalue weighted by Crippen LogP contribution is -2.41. The highest BCUT2D eigenvalue weighted by Crippen LogP contribution is 2.18. The van der Waals surface area contributed by atoms with Crippen molar-refractivity contribution in [1.29, 1.82) is 0 Å². The predicted octanol–water partition coefficient (Wildman–Crippen LogP) is 1.48. The lowest BCUT2D eigenvalue weighted by Gasteiger charge is -2.19. The van der Waals surface area contributed by atoms with Crippen molar-refractivity contribution in [1.82, 2.24) is 10.6 Å². The van der Waals surface area contributed by atoms with Crippen molar-refractivity contribution in [3.05, 3.63) is 29.8 Å². The smallest absolute Gasteiger partial charge is 0.236 e. The van der Waals surface area contributed by atoms with Gasteiger partial charge in [0.2, 0.25) is 5.91 Å². The van der Waals surface area contributed by atoms with E-state index in [2.05, 4.69) is 10.6 Å². The molecule has 1 amide bonds. The van der Waals surface area contributed by atoms with Crippen LogP contribution in [0.4, 0.5) is 0 Å². The van der Waals surface area contributed by atoms with Gasteiger partial charge in [-0.15, -0.1) is 0 Å². The molecular formula is C13H20N2O2. The van der Waals surface area contributed by atoms with E-state index in [1.807, 2.05) is 38.1 Å². The number of nitrogens with one attached hydrogen (secondary N) is 2. The van der Waals surface area contributed by atoms with Crippen LogP contribution in [0.2, 0.25) is 0 Å². The third-order valence-corrected chi connectivity index (χ3v) is 2.73. The van der Waals surface area contributed by atoms with Gasteiger partial charge in [-0.3, -0.25) is 10.1 Å². The van der Waals surface area contributed by atoms with E-state index in [1.165, 1.54) is 0 Å². The highest BCUT2D eigenvalue weighted by Gasteiger charge is 2.14. The molecule has 0 fully saturated rings. The van der Waals surface area contributed by atoms with Gasteiger partial charge in [-0.1, -0.05) is 12.1 Å². The van der Waals surface area contributed by atoms with Crippen LogP contribution in [0, 0.1) is 0 Å². The standard InChI is InChI=1S/C13H20N2O2/c1-9(15-10(2)13(16)14-3)11-6-5-7-12(8-11)17-4/h5-10,15H,1-4H3,(H,14,16)/t9-,10?/m1/s1. The number of ether oxygens (including phenoxy) is 1. The minimum absolute atomic E-state index is 0.0141. The zero-order valence-electron chi connectivity index (χ0n) is 10.8. The first-order valence-electron chi connectivity index (χ1n) is 5.70. The predicted molar refractivity (Wildman–Crippen MR) is 68.1 cm³/mol. The van der Waals surface area contributed by atoms with Gasteiger partial charge in [0.25, 0.3) is 0 Å². The average molecular weight is 236 g/mol. The van der Waals surface area contributed by atoms with Crippen LogP contribution in [0.15, 0.2) is 24.3 Å². The van der Waals surface area contributed by atoms with Crippen molar-refractivity contribution in [3.63, 3.8) is 0 Å². The normalized spacial score (nSPS) is 13.9. The molecule has 0 heterocycles. The molecule has 0 spiro atoms. The molecule has 94 valence electrons. The maximum Gasteiger partial charge on any atom is 0.236 e. The Morgan fingerprint density at radius 2 is 2.06 bits per heavy atom. The van der Waals surface area contributed by atoms with Gasteiger partial charge in [-0.25, -0.2) is 0 Å². The Balaban J connectivity index is 2.68. The monoisotopic (exact) mass is 236 g/mol. The fourth-order valence-electron chi connectivity index (χ4n) is 1.67. The number of likely N-dealkylation sites (N-methyl/N-ethyl adjacent to an activating group) is 1. The Kier molecular flexibility index (Phi) is 4.97. The molecule has 0 aromatic heterocycles. The lowest BCUT2D eigenvalue weighted by molar-refractivity contribution is -0.122. The van der Waals surface area contributed by atoms with Gasteiger partial charge >= 0.3 is 0 Å². The number of rotatable bonds is 5. The number of benzene rings is 1. The molecule has 0 aliphatic heterocycles. The summed E-state index contributed by atoms with van der Waals surface area (Å²) in [4.78, 5) is 11.4. The van der Waals surface area contributed by atoms with E-state index in [9.17, 15) is 4.79 Å². The van der Waals surface area contributed by atoms with Crippen LogP contribution in [0.3, 0.4) is 0 Å². The summed E-state index contributed by atoms with van der Waals surface area (Å²) in [5.41, 5.74) is 1.10. The summed E-state index contributed by atoms with van der Waals surface area (Å²) < 4.78 is 5.17. The molecule has 1 aromatic rings. The van der Waals surface area contributed by atoms with E-state index in [0.29, 0.717) is 0 Å². The van der Waals surface area contributed by atoms with Crippen molar-refractivity contribution in [2.24, 2.45) is 0 Å². The van der Waals surface area contributed by atoms with Gasteiger partial charge in [0, 0.05) is 13.1 Å². The number of carbonyl (C=O) groups is 1. The summed E-state index contributed by atoms with van der Waals surface area (Å²) in [5, 5.41) is 5.85. The van der Waals surface area contributed by atoms with Crippen LogP contribution in [-0.4, -0.2) is 26.1 Å². The highest BCUT2D eigenvalue weighted by molar-refractivity contribution is 5.80. The second kappa shape index (κ2) is 6.25. The second-order valence-corrected chi connectivity index (χ2v) is 4.00. The molecule has 0 radical (unpaired) electrons. The first-order valence-corrected chi connectivity index (χ1v) is 5.70. The Hall–Kier alpha value is -1.55. The topological polar surface area (TPSA) is 50.4 Å². The largest absolute Gasteiger partial charge is 0.497 e. The first kappa shape index (κ1) is 13.5. The summed E-state index contributed by atoms with van der Waals surface area (Å²) in [7, 11) is 3.28. The highest BCUT2D eigenvalue weighted by atomic mass is 16.5. The SMILES string of the molecule is CNC(=O)C(C)N[C@H](C)c1cccc(OC)c1.